The van der Waals surface area contributed by atoms with Crippen LogP contribution in [0.15, 0.2) is 48.4 Å². The van der Waals surface area contributed by atoms with E-state index >= 15 is 0 Å². The molecular formula is C12H12FNO. The van der Waals surface area contributed by atoms with Crippen LogP contribution in [0.3, 0.4) is 0 Å². The number of hydrogen-bond acceptors (Lipinski definition) is 2. The van der Waals surface area contributed by atoms with Gasteiger partial charge in [0, 0.05) is 12.7 Å². The number of rotatable bonds is 2. The molecule has 0 atom stereocenters. The van der Waals surface area contributed by atoms with Crippen molar-refractivity contribution in [3.63, 3.8) is 0 Å². The Kier molecular flexibility index (Phi) is 2.72. The molecule has 15 heavy (non-hydrogen) atoms. The highest BCUT2D eigenvalue weighted by atomic mass is 19.1. The molecule has 2 rings (SSSR count). The minimum atomic E-state index is -0.231. The van der Waals surface area contributed by atoms with Gasteiger partial charge in [0.15, 0.2) is 5.88 Å². The standard InChI is InChI=1S/C12H12FNO/c1-14(12-4-2-3-9-15-12)11-7-5-10(13)6-8-11/h2-8H,9H2,1H3. The topological polar surface area (TPSA) is 12.5 Å². The smallest absolute Gasteiger partial charge is 0.193 e. The maximum atomic E-state index is 12.7. The number of benzene rings is 1. The van der Waals surface area contributed by atoms with E-state index in [4.69, 9.17) is 4.74 Å². The predicted molar refractivity (Wildman–Crippen MR) is 58.0 cm³/mol. The van der Waals surface area contributed by atoms with Gasteiger partial charge in [-0.2, -0.15) is 0 Å². The van der Waals surface area contributed by atoms with Crippen molar-refractivity contribution in [2.75, 3.05) is 18.6 Å². The summed E-state index contributed by atoms with van der Waals surface area (Å²) in [4.78, 5) is 1.88. The number of nitrogens with zero attached hydrogens (tertiary/aromatic N) is 1. The lowest BCUT2D eigenvalue weighted by Crippen LogP contribution is -2.19. The molecule has 1 aliphatic heterocycles. The van der Waals surface area contributed by atoms with Crippen LogP contribution in [0.25, 0.3) is 0 Å². The first-order valence-electron chi connectivity index (χ1n) is 4.76. The van der Waals surface area contributed by atoms with Gasteiger partial charge in [-0.15, -0.1) is 0 Å². The summed E-state index contributed by atoms with van der Waals surface area (Å²) in [5, 5.41) is 0. The monoisotopic (exact) mass is 205 g/mol. The van der Waals surface area contributed by atoms with Gasteiger partial charge < -0.3 is 9.64 Å². The molecule has 0 fully saturated rings. The van der Waals surface area contributed by atoms with E-state index in [1.165, 1.54) is 12.1 Å². The molecule has 0 bridgehead atoms. The average molecular weight is 205 g/mol. The van der Waals surface area contributed by atoms with Crippen LogP contribution in [0.1, 0.15) is 0 Å². The normalized spacial score (nSPS) is 14.4. The number of hydrogen-bond donors (Lipinski definition) is 0. The van der Waals surface area contributed by atoms with Gasteiger partial charge >= 0.3 is 0 Å². The lowest BCUT2D eigenvalue weighted by Gasteiger charge is -2.23. The molecule has 0 radical (unpaired) electrons. The predicted octanol–water partition coefficient (Wildman–Crippen LogP) is 2.69. The molecule has 78 valence electrons. The lowest BCUT2D eigenvalue weighted by atomic mass is 10.3. The molecule has 1 aliphatic rings. The van der Waals surface area contributed by atoms with E-state index in [1.807, 2.05) is 30.2 Å². The average Bonchev–Trinajstić information content (AvgIpc) is 2.30. The van der Waals surface area contributed by atoms with Gasteiger partial charge in [0.25, 0.3) is 0 Å². The fraction of sp³-hybridized carbons (Fsp3) is 0.167. The highest BCUT2D eigenvalue weighted by Crippen LogP contribution is 2.19. The fourth-order valence-electron chi connectivity index (χ4n) is 1.39. The SMILES string of the molecule is CN(C1=CC=CCO1)c1ccc(F)cc1. The number of allylic oxidation sites excluding steroid dienone is 2. The van der Waals surface area contributed by atoms with Crippen LogP contribution in [-0.4, -0.2) is 13.7 Å². The van der Waals surface area contributed by atoms with Crippen molar-refractivity contribution in [3.05, 3.63) is 54.2 Å². The van der Waals surface area contributed by atoms with Crippen molar-refractivity contribution < 1.29 is 9.13 Å². The van der Waals surface area contributed by atoms with Crippen molar-refractivity contribution in [1.82, 2.24) is 0 Å². The molecule has 1 aromatic rings. The molecule has 0 amide bonds. The van der Waals surface area contributed by atoms with Crippen LogP contribution in [0, 0.1) is 5.82 Å². The van der Waals surface area contributed by atoms with Crippen molar-refractivity contribution in [2.45, 2.75) is 0 Å². The van der Waals surface area contributed by atoms with Crippen LogP contribution in [0.4, 0.5) is 10.1 Å². The number of anilines is 1. The Balaban J connectivity index is 2.20. The van der Waals surface area contributed by atoms with E-state index in [9.17, 15) is 4.39 Å². The minimum Gasteiger partial charge on any atom is -0.475 e. The summed E-state index contributed by atoms with van der Waals surface area (Å²) in [5.74, 6) is 0.537. The summed E-state index contributed by atoms with van der Waals surface area (Å²) in [5.41, 5.74) is 0.901. The van der Waals surface area contributed by atoms with E-state index in [0.717, 1.165) is 11.6 Å². The number of ether oxygens (including phenoxy) is 1. The molecule has 2 nitrogen and oxygen atoms in total. The van der Waals surface area contributed by atoms with Gasteiger partial charge in [-0.05, 0) is 36.4 Å². The summed E-state index contributed by atoms with van der Waals surface area (Å²) in [6.45, 7) is 0.581. The van der Waals surface area contributed by atoms with Crippen molar-refractivity contribution >= 4 is 5.69 Å². The van der Waals surface area contributed by atoms with Gasteiger partial charge in [-0.1, -0.05) is 6.08 Å². The van der Waals surface area contributed by atoms with E-state index in [-0.39, 0.29) is 5.82 Å². The van der Waals surface area contributed by atoms with Gasteiger partial charge in [-0.25, -0.2) is 4.39 Å². The zero-order valence-corrected chi connectivity index (χ0v) is 8.48. The third-order valence-corrected chi connectivity index (χ3v) is 2.25. The van der Waals surface area contributed by atoms with Crippen LogP contribution >= 0.6 is 0 Å². The Morgan fingerprint density at radius 3 is 2.60 bits per heavy atom. The molecule has 3 heteroatoms. The molecule has 1 aromatic carbocycles. The zero-order valence-electron chi connectivity index (χ0n) is 8.48. The molecular weight excluding hydrogens is 193 g/mol. The summed E-state index contributed by atoms with van der Waals surface area (Å²) >= 11 is 0. The van der Waals surface area contributed by atoms with E-state index in [0.29, 0.717) is 6.61 Å². The Hall–Kier alpha value is -1.77. The summed E-state index contributed by atoms with van der Waals surface area (Å²) < 4.78 is 18.1. The summed E-state index contributed by atoms with van der Waals surface area (Å²) in [6.07, 6.45) is 5.76. The molecule has 0 saturated carbocycles. The highest BCUT2D eigenvalue weighted by Gasteiger charge is 2.08. The van der Waals surface area contributed by atoms with Gasteiger partial charge in [0.05, 0.1) is 0 Å². The highest BCUT2D eigenvalue weighted by molar-refractivity contribution is 5.50. The second-order valence-electron chi connectivity index (χ2n) is 3.28. The van der Waals surface area contributed by atoms with Crippen molar-refractivity contribution in [1.29, 1.82) is 0 Å². The Labute approximate surface area is 88.3 Å². The van der Waals surface area contributed by atoms with Crippen LogP contribution in [-0.2, 0) is 4.74 Å². The zero-order chi connectivity index (χ0) is 10.7. The Bertz CT molecular complexity index is 395. The molecule has 1 heterocycles. The molecule has 0 aromatic heterocycles. The third-order valence-electron chi connectivity index (χ3n) is 2.25. The van der Waals surface area contributed by atoms with Crippen LogP contribution in [0.5, 0.6) is 0 Å². The second-order valence-corrected chi connectivity index (χ2v) is 3.28. The first kappa shape index (κ1) is 9.77. The Morgan fingerprint density at radius 1 is 1.27 bits per heavy atom. The van der Waals surface area contributed by atoms with Crippen LogP contribution < -0.4 is 4.90 Å². The second kappa shape index (κ2) is 4.17. The lowest BCUT2D eigenvalue weighted by molar-refractivity contribution is 0.236. The first-order chi connectivity index (χ1) is 7.27. The van der Waals surface area contributed by atoms with Crippen LogP contribution in [0.2, 0.25) is 0 Å². The third kappa shape index (κ3) is 2.18. The minimum absolute atomic E-state index is 0.231. The van der Waals surface area contributed by atoms with Crippen molar-refractivity contribution in [3.8, 4) is 0 Å². The van der Waals surface area contributed by atoms with E-state index in [2.05, 4.69) is 0 Å². The molecule has 0 aliphatic carbocycles. The quantitative estimate of drug-likeness (QED) is 0.736. The van der Waals surface area contributed by atoms with Gasteiger partial charge in [-0.3, -0.25) is 0 Å². The van der Waals surface area contributed by atoms with E-state index in [1.54, 1.807) is 12.1 Å². The fourth-order valence-corrected chi connectivity index (χ4v) is 1.39. The maximum absolute atomic E-state index is 12.7. The van der Waals surface area contributed by atoms with Crippen molar-refractivity contribution in [2.24, 2.45) is 0 Å². The maximum Gasteiger partial charge on any atom is 0.193 e. The summed E-state index contributed by atoms with van der Waals surface area (Å²) in [6, 6.07) is 6.31. The van der Waals surface area contributed by atoms with E-state index < -0.39 is 0 Å². The molecule has 0 spiro atoms. The first-order valence-corrected chi connectivity index (χ1v) is 4.76. The van der Waals surface area contributed by atoms with Gasteiger partial charge in [0.2, 0.25) is 0 Å². The molecule has 0 saturated heterocycles. The molecule has 0 unspecified atom stereocenters. The number of halogens is 1. The largest absolute Gasteiger partial charge is 0.475 e. The van der Waals surface area contributed by atoms with Gasteiger partial charge in [0.1, 0.15) is 12.4 Å². The summed E-state index contributed by atoms with van der Waals surface area (Å²) in [7, 11) is 1.89. The Morgan fingerprint density at radius 2 is 2.00 bits per heavy atom. The molecule has 0 N–H and O–H groups in total.